The lowest BCUT2D eigenvalue weighted by molar-refractivity contribution is -0.120. The van der Waals surface area contributed by atoms with Crippen LogP contribution in [0.2, 0.25) is 0 Å². The largest absolute Gasteiger partial charge is 0.365 e. The zero-order valence-electron chi connectivity index (χ0n) is 11.2. The minimum absolute atomic E-state index is 0.456. The standard InChI is InChI=1S/C16H21NO/c1-11(2)12-3-5-13(6-4-12)17-14-7-8-15(17)10-16(18)9-14/h3-6,11,14-15H,7-10H2,1-2H3. The summed E-state index contributed by atoms with van der Waals surface area (Å²) >= 11 is 0. The second-order valence-electron chi connectivity index (χ2n) is 5.99. The Hall–Kier alpha value is -1.31. The van der Waals surface area contributed by atoms with Gasteiger partial charge in [-0.2, -0.15) is 0 Å². The smallest absolute Gasteiger partial charge is 0.137 e. The van der Waals surface area contributed by atoms with Crippen molar-refractivity contribution in [3.05, 3.63) is 29.8 Å². The molecule has 2 saturated heterocycles. The topological polar surface area (TPSA) is 20.3 Å². The van der Waals surface area contributed by atoms with E-state index in [1.807, 2.05) is 0 Å². The molecule has 2 unspecified atom stereocenters. The normalized spacial score (nSPS) is 27.1. The third-order valence-electron chi connectivity index (χ3n) is 4.40. The Morgan fingerprint density at radius 1 is 1.06 bits per heavy atom. The predicted octanol–water partition coefficient (Wildman–Crippen LogP) is 3.51. The number of ketones is 1. The lowest BCUT2D eigenvalue weighted by Crippen LogP contribution is -2.43. The van der Waals surface area contributed by atoms with E-state index in [-0.39, 0.29) is 0 Å². The summed E-state index contributed by atoms with van der Waals surface area (Å²) < 4.78 is 0. The van der Waals surface area contributed by atoms with Crippen LogP contribution in [0.25, 0.3) is 0 Å². The Kier molecular flexibility index (Phi) is 2.89. The van der Waals surface area contributed by atoms with Gasteiger partial charge in [0.25, 0.3) is 0 Å². The second kappa shape index (κ2) is 4.42. The number of hydrogen-bond donors (Lipinski definition) is 0. The number of nitrogens with zero attached hydrogens (tertiary/aromatic N) is 1. The molecule has 2 aliphatic heterocycles. The van der Waals surface area contributed by atoms with Crippen LogP contribution in [0.3, 0.4) is 0 Å². The van der Waals surface area contributed by atoms with Crippen molar-refractivity contribution >= 4 is 11.5 Å². The molecule has 96 valence electrons. The highest BCUT2D eigenvalue weighted by molar-refractivity contribution is 5.83. The molecule has 1 aromatic carbocycles. The number of fused-ring (bicyclic) bond motifs is 2. The first kappa shape index (κ1) is 11.8. The monoisotopic (exact) mass is 243 g/mol. The third-order valence-corrected chi connectivity index (χ3v) is 4.40. The number of rotatable bonds is 2. The van der Waals surface area contributed by atoms with Gasteiger partial charge in [-0.1, -0.05) is 26.0 Å². The molecule has 2 bridgehead atoms. The number of carbonyl (C=O) groups excluding carboxylic acids is 1. The van der Waals surface area contributed by atoms with Crippen molar-refractivity contribution < 1.29 is 4.79 Å². The van der Waals surface area contributed by atoms with E-state index in [0.29, 0.717) is 23.8 Å². The van der Waals surface area contributed by atoms with Crippen LogP contribution in [0.1, 0.15) is 51.0 Å². The summed E-state index contributed by atoms with van der Waals surface area (Å²) in [5.41, 5.74) is 2.69. The van der Waals surface area contributed by atoms with Crippen molar-refractivity contribution in [2.24, 2.45) is 0 Å². The maximum Gasteiger partial charge on any atom is 0.137 e. The van der Waals surface area contributed by atoms with Crippen molar-refractivity contribution in [1.82, 2.24) is 0 Å². The highest BCUT2D eigenvalue weighted by atomic mass is 16.1. The molecule has 0 spiro atoms. The van der Waals surface area contributed by atoms with E-state index in [0.717, 1.165) is 12.8 Å². The summed E-state index contributed by atoms with van der Waals surface area (Å²) in [6.07, 6.45) is 3.87. The number of Topliss-reactive ketones (excluding diaryl/α,β-unsaturated/α-hetero) is 1. The van der Waals surface area contributed by atoms with Crippen molar-refractivity contribution in [3.63, 3.8) is 0 Å². The molecule has 0 N–H and O–H groups in total. The number of carbonyl (C=O) groups is 1. The van der Waals surface area contributed by atoms with Gasteiger partial charge in [0, 0.05) is 30.6 Å². The molecule has 18 heavy (non-hydrogen) atoms. The molecule has 0 aromatic heterocycles. The van der Waals surface area contributed by atoms with Gasteiger partial charge in [-0.3, -0.25) is 4.79 Å². The van der Waals surface area contributed by atoms with Crippen LogP contribution in [-0.2, 0) is 4.79 Å². The van der Waals surface area contributed by atoms with Gasteiger partial charge in [-0.25, -0.2) is 0 Å². The van der Waals surface area contributed by atoms with Crippen molar-refractivity contribution in [2.75, 3.05) is 4.90 Å². The molecule has 2 nitrogen and oxygen atoms in total. The SMILES string of the molecule is CC(C)c1ccc(N2C3CCC2CC(=O)C3)cc1. The third kappa shape index (κ3) is 1.94. The summed E-state index contributed by atoms with van der Waals surface area (Å²) in [7, 11) is 0. The molecular weight excluding hydrogens is 222 g/mol. The minimum Gasteiger partial charge on any atom is -0.365 e. The number of benzene rings is 1. The second-order valence-corrected chi connectivity index (χ2v) is 5.99. The summed E-state index contributed by atoms with van der Waals surface area (Å²) in [6, 6.07) is 9.85. The molecule has 2 fully saturated rings. The lowest BCUT2D eigenvalue weighted by Gasteiger charge is -2.36. The van der Waals surface area contributed by atoms with Gasteiger partial charge in [0.15, 0.2) is 0 Å². The molecule has 2 atom stereocenters. The van der Waals surface area contributed by atoms with Gasteiger partial charge in [0.1, 0.15) is 5.78 Å². The Morgan fingerprint density at radius 3 is 2.11 bits per heavy atom. The maximum absolute atomic E-state index is 11.6. The summed E-state index contributed by atoms with van der Waals surface area (Å²) in [5, 5.41) is 0. The molecule has 0 aliphatic carbocycles. The van der Waals surface area contributed by atoms with Crippen LogP contribution in [0.5, 0.6) is 0 Å². The van der Waals surface area contributed by atoms with E-state index < -0.39 is 0 Å². The molecular formula is C16H21NO. The number of piperidine rings is 1. The summed E-state index contributed by atoms with van der Waals surface area (Å²) in [6.45, 7) is 4.44. The first-order valence-corrected chi connectivity index (χ1v) is 7.05. The molecule has 2 heterocycles. The van der Waals surface area contributed by atoms with Crippen LogP contribution in [0.4, 0.5) is 5.69 Å². The van der Waals surface area contributed by atoms with Crippen molar-refractivity contribution in [3.8, 4) is 0 Å². The molecule has 2 aliphatic rings. The average molecular weight is 243 g/mol. The van der Waals surface area contributed by atoms with E-state index in [9.17, 15) is 4.79 Å². The number of anilines is 1. The molecule has 0 saturated carbocycles. The van der Waals surface area contributed by atoms with Gasteiger partial charge >= 0.3 is 0 Å². The van der Waals surface area contributed by atoms with Gasteiger partial charge < -0.3 is 4.90 Å². The molecule has 1 aromatic rings. The Balaban J connectivity index is 1.85. The highest BCUT2D eigenvalue weighted by Crippen LogP contribution is 2.38. The number of hydrogen-bond acceptors (Lipinski definition) is 2. The molecule has 0 radical (unpaired) electrons. The van der Waals surface area contributed by atoms with E-state index >= 15 is 0 Å². The van der Waals surface area contributed by atoms with E-state index in [1.54, 1.807) is 0 Å². The maximum atomic E-state index is 11.6. The van der Waals surface area contributed by atoms with Crippen LogP contribution >= 0.6 is 0 Å². The van der Waals surface area contributed by atoms with Crippen molar-refractivity contribution in [2.45, 2.75) is 57.5 Å². The quantitative estimate of drug-likeness (QED) is 0.792. The first-order chi connectivity index (χ1) is 8.65. The average Bonchev–Trinajstić information content (AvgIpc) is 2.62. The van der Waals surface area contributed by atoms with E-state index in [4.69, 9.17) is 0 Å². The fraction of sp³-hybridized carbons (Fsp3) is 0.562. The van der Waals surface area contributed by atoms with Gasteiger partial charge in [0.2, 0.25) is 0 Å². The van der Waals surface area contributed by atoms with Crippen LogP contribution in [-0.4, -0.2) is 17.9 Å². The zero-order chi connectivity index (χ0) is 12.7. The van der Waals surface area contributed by atoms with Crippen LogP contribution in [0.15, 0.2) is 24.3 Å². The van der Waals surface area contributed by atoms with Gasteiger partial charge in [-0.15, -0.1) is 0 Å². The van der Waals surface area contributed by atoms with E-state index in [2.05, 4.69) is 43.0 Å². The predicted molar refractivity (Wildman–Crippen MR) is 74.1 cm³/mol. The molecule has 0 amide bonds. The summed E-state index contributed by atoms with van der Waals surface area (Å²) in [5.74, 6) is 1.04. The Morgan fingerprint density at radius 2 is 1.61 bits per heavy atom. The lowest BCUT2D eigenvalue weighted by atomic mass is 9.99. The summed E-state index contributed by atoms with van der Waals surface area (Å²) in [4.78, 5) is 14.1. The van der Waals surface area contributed by atoms with E-state index in [1.165, 1.54) is 24.1 Å². The van der Waals surface area contributed by atoms with Crippen LogP contribution in [0, 0.1) is 0 Å². The fourth-order valence-electron chi connectivity index (χ4n) is 3.42. The van der Waals surface area contributed by atoms with Gasteiger partial charge in [0.05, 0.1) is 0 Å². The Labute approximate surface area is 109 Å². The van der Waals surface area contributed by atoms with Crippen LogP contribution < -0.4 is 4.90 Å². The highest BCUT2D eigenvalue weighted by Gasteiger charge is 2.39. The fourth-order valence-corrected chi connectivity index (χ4v) is 3.42. The molecule has 2 heteroatoms. The first-order valence-electron chi connectivity index (χ1n) is 7.05. The Bertz CT molecular complexity index is 433. The van der Waals surface area contributed by atoms with Crippen molar-refractivity contribution in [1.29, 1.82) is 0 Å². The minimum atomic E-state index is 0.456. The zero-order valence-corrected chi connectivity index (χ0v) is 11.2. The van der Waals surface area contributed by atoms with Gasteiger partial charge in [-0.05, 0) is 36.5 Å². The molecule has 3 rings (SSSR count).